The van der Waals surface area contributed by atoms with E-state index in [1.54, 1.807) is 0 Å². The van der Waals surface area contributed by atoms with Crippen LogP contribution in [0.5, 0.6) is 0 Å². The molecule has 1 unspecified atom stereocenters. The van der Waals surface area contributed by atoms with Crippen LogP contribution in [0.3, 0.4) is 0 Å². The predicted octanol–water partition coefficient (Wildman–Crippen LogP) is 2.10. The Labute approximate surface area is 115 Å². The molecule has 1 aromatic rings. The largest absolute Gasteiger partial charge is 0.395 e. The first kappa shape index (κ1) is 14.2. The van der Waals surface area contributed by atoms with Crippen LogP contribution in [0, 0.1) is 0 Å². The summed E-state index contributed by atoms with van der Waals surface area (Å²) in [6.45, 7) is 5.65. The SMILES string of the molecule is CCN(CCO)c1ccc(NCC2CCCO2)cc1. The zero-order valence-electron chi connectivity index (χ0n) is 11.6. The molecule has 0 aromatic heterocycles. The maximum Gasteiger partial charge on any atom is 0.0748 e. The van der Waals surface area contributed by atoms with Crippen LogP contribution in [0.25, 0.3) is 0 Å². The Bertz CT molecular complexity index is 361. The van der Waals surface area contributed by atoms with Gasteiger partial charge in [-0.2, -0.15) is 0 Å². The van der Waals surface area contributed by atoms with Crippen LogP contribution in [0.15, 0.2) is 24.3 Å². The van der Waals surface area contributed by atoms with Gasteiger partial charge in [0.1, 0.15) is 0 Å². The summed E-state index contributed by atoms with van der Waals surface area (Å²) in [6, 6.07) is 8.36. The number of aliphatic hydroxyl groups is 1. The van der Waals surface area contributed by atoms with Crippen molar-refractivity contribution in [3.05, 3.63) is 24.3 Å². The second-order valence-electron chi connectivity index (χ2n) is 4.87. The van der Waals surface area contributed by atoms with Crippen LogP contribution in [-0.2, 0) is 4.74 Å². The summed E-state index contributed by atoms with van der Waals surface area (Å²) >= 11 is 0. The van der Waals surface area contributed by atoms with Crippen LogP contribution in [0.4, 0.5) is 11.4 Å². The van der Waals surface area contributed by atoms with Crippen molar-refractivity contribution in [1.82, 2.24) is 0 Å². The van der Waals surface area contributed by atoms with Gasteiger partial charge in [-0.25, -0.2) is 0 Å². The van der Waals surface area contributed by atoms with E-state index in [0.29, 0.717) is 12.6 Å². The van der Waals surface area contributed by atoms with Crippen LogP contribution in [0.1, 0.15) is 19.8 Å². The molecule has 0 amide bonds. The third kappa shape index (κ3) is 4.11. The molecule has 2 N–H and O–H groups in total. The molecule has 2 rings (SSSR count). The predicted molar refractivity (Wildman–Crippen MR) is 78.9 cm³/mol. The van der Waals surface area contributed by atoms with Crippen LogP contribution >= 0.6 is 0 Å². The molecule has 1 aliphatic rings. The topological polar surface area (TPSA) is 44.7 Å². The normalized spacial score (nSPS) is 18.5. The minimum absolute atomic E-state index is 0.187. The van der Waals surface area contributed by atoms with Gasteiger partial charge in [0.2, 0.25) is 0 Å². The lowest BCUT2D eigenvalue weighted by Gasteiger charge is -2.22. The van der Waals surface area contributed by atoms with Gasteiger partial charge in [-0.05, 0) is 44.0 Å². The number of likely N-dealkylation sites (N-methyl/N-ethyl adjacent to an activating group) is 1. The van der Waals surface area contributed by atoms with Crippen LogP contribution in [-0.4, -0.2) is 44.1 Å². The van der Waals surface area contributed by atoms with Gasteiger partial charge in [0.05, 0.1) is 12.7 Å². The molecule has 1 heterocycles. The van der Waals surface area contributed by atoms with Gasteiger partial charge in [-0.15, -0.1) is 0 Å². The summed E-state index contributed by atoms with van der Waals surface area (Å²) < 4.78 is 5.59. The Morgan fingerprint density at radius 3 is 2.74 bits per heavy atom. The van der Waals surface area contributed by atoms with Gasteiger partial charge in [0.25, 0.3) is 0 Å². The Kier molecular flexibility index (Phi) is 5.48. The second-order valence-corrected chi connectivity index (χ2v) is 4.87. The molecular formula is C15H24N2O2. The number of nitrogens with one attached hydrogen (secondary N) is 1. The summed E-state index contributed by atoms with van der Waals surface area (Å²) in [4.78, 5) is 2.16. The van der Waals surface area contributed by atoms with Gasteiger partial charge >= 0.3 is 0 Å². The Morgan fingerprint density at radius 1 is 1.37 bits per heavy atom. The maximum absolute atomic E-state index is 9.02. The van der Waals surface area contributed by atoms with Gasteiger partial charge in [0.15, 0.2) is 0 Å². The summed E-state index contributed by atoms with van der Waals surface area (Å²) in [7, 11) is 0. The van der Waals surface area contributed by atoms with Gasteiger partial charge in [0, 0.05) is 37.6 Å². The third-order valence-electron chi connectivity index (χ3n) is 3.54. The average molecular weight is 264 g/mol. The Morgan fingerprint density at radius 2 is 2.16 bits per heavy atom. The van der Waals surface area contributed by atoms with Crippen molar-refractivity contribution in [3.63, 3.8) is 0 Å². The molecule has 0 radical (unpaired) electrons. The molecule has 1 fully saturated rings. The molecule has 1 aliphatic heterocycles. The monoisotopic (exact) mass is 264 g/mol. The lowest BCUT2D eigenvalue weighted by molar-refractivity contribution is 0.120. The molecule has 1 saturated heterocycles. The van der Waals surface area contributed by atoms with Gasteiger partial charge in [-0.3, -0.25) is 0 Å². The molecule has 0 aliphatic carbocycles. The highest BCUT2D eigenvalue weighted by atomic mass is 16.5. The Balaban J connectivity index is 1.86. The zero-order valence-corrected chi connectivity index (χ0v) is 11.6. The van der Waals surface area contributed by atoms with Crippen molar-refractivity contribution in [2.45, 2.75) is 25.9 Å². The van der Waals surface area contributed by atoms with E-state index in [2.05, 4.69) is 41.4 Å². The first-order chi connectivity index (χ1) is 9.33. The molecule has 19 heavy (non-hydrogen) atoms. The number of hydrogen-bond donors (Lipinski definition) is 2. The van der Waals surface area contributed by atoms with Crippen LogP contribution in [0.2, 0.25) is 0 Å². The maximum atomic E-state index is 9.02. The Hall–Kier alpha value is -1.26. The number of anilines is 2. The fourth-order valence-corrected chi connectivity index (χ4v) is 2.42. The number of ether oxygens (including phenoxy) is 1. The quantitative estimate of drug-likeness (QED) is 0.791. The van der Waals surface area contributed by atoms with Crippen molar-refractivity contribution in [3.8, 4) is 0 Å². The molecule has 1 atom stereocenters. The van der Waals surface area contributed by atoms with E-state index in [1.165, 1.54) is 6.42 Å². The number of nitrogens with zero attached hydrogens (tertiary/aromatic N) is 1. The van der Waals surface area contributed by atoms with Crippen molar-refractivity contribution in [1.29, 1.82) is 0 Å². The molecule has 0 bridgehead atoms. The highest BCUT2D eigenvalue weighted by molar-refractivity contribution is 5.55. The first-order valence-electron chi connectivity index (χ1n) is 7.15. The van der Waals surface area contributed by atoms with Crippen LogP contribution < -0.4 is 10.2 Å². The van der Waals surface area contributed by atoms with E-state index in [0.717, 1.165) is 37.5 Å². The fraction of sp³-hybridized carbons (Fsp3) is 0.600. The summed E-state index contributed by atoms with van der Waals surface area (Å²) in [5.41, 5.74) is 2.28. The fourth-order valence-electron chi connectivity index (χ4n) is 2.42. The molecule has 0 saturated carbocycles. The number of aliphatic hydroxyl groups excluding tert-OH is 1. The van der Waals surface area contributed by atoms with E-state index in [-0.39, 0.29) is 6.61 Å². The number of hydrogen-bond acceptors (Lipinski definition) is 4. The van der Waals surface area contributed by atoms with Gasteiger partial charge in [-0.1, -0.05) is 0 Å². The van der Waals surface area contributed by atoms with E-state index < -0.39 is 0 Å². The summed E-state index contributed by atoms with van der Waals surface area (Å²) in [5.74, 6) is 0. The summed E-state index contributed by atoms with van der Waals surface area (Å²) in [6.07, 6.45) is 2.70. The minimum Gasteiger partial charge on any atom is -0.395 e. The standard InChI is InChI=1S/C15H24N2O2/c1-2-17(9-10-18)14-7-5-13(6-8-14)16-12-15-4-3-11-19-15/h5-8,15-16,18H,2-4,9-12H2,1H3. The molecular weight excluding hydrogens is 240 g/mol. The molecule has 4 heteroatoms. The molecule has 1 aromatic carbocycles. The summed E-state index contributed by atoms with van der Waals surface area (Å²) in [5, 5.41) is 12.4. The highest BCUT2D eigenvalue weighted by Gasteiger charge is 2.14. The van der Waals surface area contributed by atoms with E-state index in [9.17, 15) is 0 Å². The average Bonchev–Trinajstić information content (AvgIpc) is 2.96. The minimum atomic E-state index is 0.187. The molecule has 0 spiro atoms. The smallest absolute Gasteiger partial charge is 0.0748 e. The van der Waals surface area contributed by atoms with E-state index in [4.69, 9.17) is 9.84 Å². The van der Waals surface area contributed by atoms with Crippen molar-refractivity contribution in [2.24, 2.45) is 0 Å². The molecule has 4 nitrogen and oxygen atoms in total. The second kappa shape index (κ2) is 7.36. The first-order valence-corrected chi connectivity index (χ1v) is 7.15. The van der Waals surface area contributed by atoms with E-state index >= 15 is 0 Å². The van der Waals surface area contributed by atoms with Crippen molar-refractivity contribution < 1.29 is 9.84 Å². The molecule has 106 valence electrons. The van der Waals surface area contributed by atoms with Crippen molar-refractivity contribution in [2.75, 3.05) is 43.1 Å². The van der Waals surface area contributed by atoms with Crippen molar-refractivity contribution >= 4 is 11.4 Å². The van der Waals surface area contributed by atoms with Gasteiger partial charge < -0.3 is 20.1 Å². The third-order valence-corrected chi connectivity index (χ3v) is 3.54. The van der Waals surface area contributed by atoms with E-state index in [1.807, 2.05) is 0 Å². The number of rotatable bonds is 7. The highest BCUT2D eigenvalue weighted by Crippen LogP contribution is 2.19. The lowest BCUT2D eigenvalue weighted by Crippen LogP contribution is -2.26. The zero-order chi connectivity index (χ0) is 13.5. The number of benzene rings is 1. The lowest BCUT2D eigenvalue weighted by atomic mass is 10.2.